The lowest BCUT2D eigenvalue weighted by Crippen LogP contribution is -2.05. The molecule has 2 aromatic carbocycles. The van der Waals surface area contributed by atoms with Gasteiger partial charge >= 0.3 is 0 Å². The summed E-state index contributed by atoms with van der Waals surface area (Å²) in [4.78, 5) is 12.1. The molecule has 0 fully saturated rings. The van der Waals surface area contributed by atoms with Gasteiger partial charge in [0.2, 0.25) is 0 Å². The maximum absolute atomic E-state index is 12.1. The van der Waals surface area contributed by atoms with Crippen molar-refractivity contribution in [2.45, 2.75) is 0 Å². The van der Waals surface area contributed by atoms with Crippen LogP contribution in [0.1, 0.15) is 15.9 Å². The maximum atomic E-state index is 12.1. The lowest BCUT2D eigenvalue weighted by molar-refractivity contribution is 0.103. The molecule has 0 spiro atoms. The summed E-state index contributed by atoms with van der Waals surface area (Å²) in [6.07, 6.45) is 0. The van der Waals surface area contributed by atoms with E-state index in [9.17, 15) is 9.90 Å². The van der Waals surface area contributed by atoms with Gasteiger partial charge in [-0.05, 0) is 6.07 Å². The number of nitrogen functional groups attached to an aromatic ring is 1. The second-order valence-corrected chi connectivity index (χ2v) is 4.02. The summed E-state index contributed by atoms with van der Waals surface area (Å²) in [6, 6.07) is 11.4. The highest BCUT2D eigenvalue weighted by atomic mass is 35.5. The van der Waals surface area contributed by atoms with Crippen LogP contribution in [0.3, 0.4) is 0 Å². The molecule has 0 radical (unpaired) electrons. The first-order valence-electron chi connectivity index (χ1n) is 4.97. The zero-order valence-electron chi connectivity index (χ0n) is 8.85. The average molecular weight is 248 g/mol. The van der Waals surface area contributed by atoms with Gasteiger partial charge in [-0.25, -0.2) is 0 Å². The number of benzene rings is 2. The first-order valence-corrected chi connectivity index (χ1v) is 5.35. The molecule has 0 atom stereocenters. The van der Waals surface area contributed by atoms with Crippen LogP contribution in [0, 0.1) is 0 Å². The molecule has 0 heterocycles. The highest BCUT2D eigenvalue weighted by Gasteiger charge is 2.15. The molecule has 2 aromatic rings. The van der Waals surface area contributed by atoms with E-state index in [0.717, 1.165) is 0 Å². The van der Waals surface area contributed by atoms with Crippen molar-refractivity contribution in [2.75, 3.05) is 5.73 Å². The van der Waals surface area contributed by atoms with E-state index in [2.05, 4.69) is 0 Å². The van der Waals surface area contributed by atoms with Crippen LogP contribution in [0.25, 0.3) is 0 Å². The third-order valence-corrected chi connectivity index (χ3v) is 2.62. The first kappa shape index (κ1) is 11.5. The Morgan fingerprint density at radius 2 is 1.82 bits per heavy atom. The van der Waals surface area contributed by atoms with Crippen molar-refractivity contribution in [3.05, 3.63) is 58.6 Å². The van der Waals surface area contributed by atoms with Gasteiger partial charge in [-0.2, -0.15) is 0 Å². The summed E-state index contributed by atoms with van der Waals surface area (Å²) in [5, 5.41) is 9.79. The molecule has 2 rings (SSSR count). The molecule has 86 valence electrons. The van der Waals surface area contributed by atoms with E-state index in [1.54, 1.807) is 24.3 Å². The summed E-state index contributed by atoms with van der Waals surface area (Å²) in [5.74, 6) is -0.447. The van der Waals surface area contributed by atoms with Crippen LogP contribution in [0.15, 0.2) is 42.5 Å². The third kappa shape index (κ3) is 2.24. The summed E-state index contributed by atoms with van der Waals surface area (Å²) in [7, 11) is 0. The molecule has 0 saturated carbocycles. The Bertz CT molecular complexity index is 567. The van der Waals surface area contributed by atoms with Gasteiger partial charge in [0.1, 0.15) is 5.75 Å². The average Bonchev–Trinajstić information content (AvgIpc) is 2.34. The Morgan fingerprint density at radius 1 is 1.18 bits per heavy atom. The normalized spacial score (nSPS) is 10.2. The predicted octanol–water partition coefficient (Wildman–Crippen LogP) is 2.86. The number of halogens is 1. The highest BCUT2D eigenvalue weighted by Crippen LogP contribution is 2.30. The van der Waals surface area contributed by atoms with E-state index in [4.69, 9.17) is 17.3 Å². The summed E-state index contributed by atoms with van der Waals surface area (Å²) < 4.78 is 0. The molecule has 3 N–H and O–H groups in total. The number of rotatable bonds is 2. The predicted molar refractivity (Wildman–Crippen MR) is 67.4 cm³/mol. The zero-order valence-corrected chi connectivity index (χ0v) is 9.61. The Morgan fingerprint density at radius 3 is 2.47 bits per heavy atom. The monoisotopic (exact) mass is 247 g/mol. The van der Waals surface area contributed by atoms with E-state index >= 15 is 0 Å². The maximum Gasteiger partial charge on any atom is 0.195 e. The van der Waals surface area contributed by atoms with Gasteiger partial charge in [0, 0.05) is 16.7 Å². The topological polar surface area (TPSA) is 63.3 Å². The van der Waals surface area contributed by atoms with E-state index in [-0.39, 0.29) is 27.8 Å². The number of anilines is 1. The molecule has 0 unspecified atom stereocenters. The van der Waals surface area contributed by atoms with Crippen molar-refractivity contribution >= 4 is 23.1 Å². The molecule has 0 bridgehead atoms. The fourth-order valence-electron chi connectivity index (χ4n) is 1.54. The molecule has 17 heavy (non-hydrogen) atoms. The van der Waals surface area contributed by atoms with Gasteiger partial charge in [-0.3, -0.25) is 4.79 Å². The molecule has 3 nitrogen and oxygen atoms in total. The van der Waals surface area contributed by atoms with Crippen molar-refractivity contribution in [3.63, 3.8) is 0 Å². The molecule has 0 aromatic heterocycles. The fraction of sp³-hybridized carbons (Fsp3) is 0. The van der Waals surface area contributed by atoms with E-state index in [1.807, 2.05) is 6.07 Å². The minimum absolute atomic E-state index is 0.0447. The number of carbonyl (C=O) groups excluding carboxylic acids is 1. The molecule has 0 aliphatic carbocycles. The van der Waals surface area contributed by atoms with Crippen molar-refractivity contribution in [3.8, 4) is 5.75 Å². The second-order valence-electron chi connectivity index (χ2n) is 3.58. The number of ketones is 1. The van der Waals surface area contributed by atoms with Crippen molar-refractivity contribution in [1.82, 2.24) is 0 Å². The number of carbonyl (C=O) groups is 1. The van der Waals surface area contributed by atoms with Gasteiger partial charge in [-0.15, -0.1) is 0 Å². The van der Waals surface area contributed by atoms with Crippen LogP contribution < -0.4 is 5.73 Å². The van der Waals surface area contributed by atoms with Gasteiger partial charge in [0.05, 0.1) is 11.3 Å². The number of nitrogens with two attached hydrogens (primary N) is 1. The van der Waals surface area contributed by atoms with Crippen LogP contribution in [-0.2, 0) is 0 Å². The standard InChI is InChI=1S/C13H10ClNO2/c14-9-6-10(12(15)11(16)7-9)13(17)8-4-2-1-3-5-8/h1-7,16H,15H2. The van der Waals surface area contributed by atoms with Gasteiger partial charge < -0.3 is 10.8 Å². The summed E-state index contributed by atoms with van der Waals surface area (Å²) >= 11 is 5.79. The number of phenolic OH excluding ortho intramolecular Hbond substituents is 1. The quantitative estimate of drug-likeness (QED) is 0.487. The van der Waals surface area contributed by atoms with Crippen LogP contribution in [0.5, 0.6) is 5.75 Å². The highest BCUT2D eigenvalue weighted by molar-refractivity contribution is 6.31. The number of hydrogen-bond acceptors (Lipinski definition) is 3. The second kappa shape index (κ2) is 4.47. The first-order chi connectivity index (χ1) is 8.09. The van der Waals surface area contributed by atoms with E-state index in [0.29, 0.717) is 5.56 Å². The van der Waals surface area contributed by atoms with Gasteiger partial charge in [-0.1, -0.05) is 41.9 Å². The lowest BCUT2D eigenvalue weighted by atomic mass is 10.0. The summed E-state index contributed by atoms with van der Waals surface area (Å²) in [5.41, 5.74) is 6.42. The number of aromatic hydroxyl groups is 1. The van der Waals surface area contributed by atoms with Gasteiger partial charge in [0.15, 0.2) is 5.78 Å². The smallest absolute Gasteiger partial charge is 0.195 e. The summed E-state index contributed by atoms with van der Waals surface area (Å²) in [6.45, 7) is 0. The molecule has 4 heteroatoms. The van der Waals surface area contributed by atoms with Gasteiger partial charge in [0.25, 0.3) is 0 Å². The fourth-order valence-corrected chi connectivity index (χ4v) is 1.75. The molecular weight excluding hydrogens is 238 g/mol. The lowest BCUT2D eigenvalue weighted by Gasteiger charge is -2.07. The Kier molecular flexibility index (Phi) is 3.02. The molecule has 0 saturated heterocycles. The third-order valence-electron chi connectivity index (χ3n) is 2.40. The van der Waals surface area contributed by atoms with Crippen LogP contribution in [-0.4, -0.2) is 10.9 Å². The van der Waals surface area contributed by atoms with Crippen molar-refractivity contribution < 1.29 is 9.90 Å². The molecule has 0 amide bonds. The van der Waals surface area contributed by atoms with Crippen LogP contribution >= 0.6 is 11.6 Å². The largest absolute Gasteiger partial charge is 0.506 e. The van der Waals surface area contributed by atoms with Crippen LogP contribution in [0.2, 0.25) is 5.02 Å². The van der Waals surface area contributed by atoms with Crippen molar-refractivity contribution in [1.29, 1.82) is 0 Å². The number of phenols is 1. The van der Waals surface area contributed by atoms with Crippen molar-refractivity contribution in [2.24, 2.45) is 0 Å². The van der Waals surface area contributed by atoms with E-state index in [1.165, 1.54) is 12.1 Å². The van der Waals surface area contributed by atoms with E-state index < -0.39 is 0 Å². The molecule has 0 aliphatic heterocycles. The Hall–Kier alpha value is -2.00. The number of hydrogen-bond donors (Lipinski definition) is 2. The molecular formula is C13H10ClNO2. The van der Waals surface area contributed by atoms with Crippen LogP contribution in [0.4, 0.5) is 5.69 Å². The molecule has 0 aliphatic rings. The Balaban J connectivity index is 2.52. The Labute approximate surface area is 103 Å². The minimum atomic E-state index is -0.263. The SMILES string of the molecule is Nc1c(O)cc(Cl)cc1C(=O)c1ccccc1. The minimum Gasteiger partial charge on any atom is -0.506 e. The zero-order chi connectivity index (χ0) is 12.4.